The molecule has 1 atom stereocenters. The minimum atomic E-state index is 0.449. The van der Waals surface area contributed by atoms with Gasteiger partial charge in [-0.1, -0.05) is 18.2 Å². The lowest BCUT2D eigenvalue weighted by atomic mass is 10.2. The highest BCUT2D eigenvalue weighted by molar-refractivity contribution is 5.79. The lowest BCUT2D eigenvalue weighted by molar-refractivity contribution is 0.0220. The monoisotopic (exact) mass is 416 g/mol. The highest BCUT2D eigenvalue weighted by Crippen LogP contribution is 2.15. The Morgan fingerprint density at radius 2 is 1.77 bits per heavy atom. The van der Waals surface area contributed by atoms with E-state index >= 15 is 0 Å². The summed E-state index contributed by atoms with van der Waals surface area (Å²) in [7, 11) is 0. The van der Waals surface area contributed by atoms with E-state index in [1.165, 1.54) is 5.69 Å². The Hall–Kier alpha value is -1.83. The maximum atomic E-state index is 5.45. The number of nitrogens with one attached hydrogen (secondary N) is 2. The number of piperazine rings is 1. The van der Waals surface area contributed by atoms with Gasteiger partial charge in [0.1, 0.15) is 0 Å². The van der Waals surface area contributed by atoms with Gasteiger partial charge in [0.05, 0.1) is 19.8 Å². The molecule has 2 saturated heterocycles. The van der Waals surface area contributed by atoms with Crippen molar-refractivity contribution in [2.45, 2.75) is 26.3 Å². The largest absolute Gasteiger partial charge is 0.379 e. The van der Waals surface area contributed by atoms with Gasteiger partial charge in [0.15, 0.2) is 5.96 Å². The molecule has 0 aliphatic carbocycles. The maximum Gasteiger partial charge on any atom is 0.191 e. The Bertz CT molecular complexity index is 611. The second-order valence-corrected chi connectivity index (χ2v) is 8.16. The molecule has 1 aromatic rings. The fraction of sp³-hybridized carbons (Fsp3) is 0.696. The molecule has 0 aromatic heterocycles. The van der Waals surface area contributed by atoms with Crippen molar-refractivity contribution in [1.29, 1.82) is 0 Å². The van der Waals surface area contributed by atoms with Crippen molar-refractivity contribution >= 4 is 11.6 Å². The molecule has 7 nitrogen and oxygen atoms in total. The van der Waals surface area contributed by atoms with E-state index < -0.39 is 0 Å². The highest BCUT2D eigenvalue weighted by atomic mass is 16.5. The molecule has 0 spiro atoms. The molecule has 2 heterocycles. The van der Waals surface area contributed by atoms with E-state index in [9.17, 15) is 0 Å². The van der Waals surface area contributed by atoms with Crippen molar-refractivity contribution in [3.05, 3.63) is 30.3 Å². The van der Waals surface area contributed by atoms with Crippen LogP contribution in [0.3, 0.4) is 0 Å². The van der Waals surface area contributed by atoms with E-state index in [2.05, 4.69) is 69.5 Å². The first-order valence-electron chi connectivity index (χ1n) is 11.6. The number of hydrogen-bond acceptors (Lipinski definition) is 5. The molecular formula is C23H40N6O. The number of rotatable bonds is 9. The minimum absolute atomic E-state index is 0.449. The number of hydrogen-bond donors (Lipinski definition) is 2. The van der Waals surface area contributed by atoms with Crippen LogP contribution in [0.4, 0.5) is 5.69 Å². The zero-order valence-electron chi connectivity index (χ0n) is 18.9. The van der Waals surface area contributed by atoms with Crippen molar-refractivity contribution in [1.82, 2.24) is 20.4 Å². The van der Waals surface area contributed by atoms with Crippen LogP contribution in [0, 0.1) is 0 Å². The van der Waals surface area contributed by atoms with Gasteiger partial charge < -0.3 is 20.3 Å². The smallest absolute Gasteiger partial charge is 0.191 e. The van der Waals surface area contributed by atoms with Gasteiger partial charge in [-0.05, 0) is 38.9 Å². The van der Waals surface area contributed by atoms with Crippen LogP contribution in [0.2, 0.25) is 0 Å². The molecule has 2 fully saturated rings. The summed E-state index contributed by atoms with van der Waals surface area (Å²) in [5.41, 5.74) is 1.34. The predicted octanol–water partition coefficient (Wildman–Crippen LogP) is 1.47. The summed E-state index contributed by atoms with van der Waals surface area (Å²) in [6.45, 7) is 16.4. The molecule has 2 aliphatic heterocycles. The quantitative estimate of drug-likeness (QED) is 0.361. The molecule has 1 aromatic carbocycles. The summed E-state index contributed by atoms with van der Waals surface area (Å²) >= 11 is 0. The number of benzene rings is 1. The summed E-state index contributed by atoms with van der Waals surface area (Å²) < 4.78 is 5.45. The standard InChI is InChI=1S/C23H40N6O/c1-3-24-23(26-20-21(2)28-16-18-30-19-17-28)25-10-7-11-27-12-14-29(15-13-27)22-8-5-4-6-9-22/h4-6,8-9,21H,3,7,10-20H2,1-2H3,(H2,24,25,26). The zero-order chi connectivity index (χ0) is 21.0. The van der Waals surface area contributed by atoms with Crippen molar-refractivity contribution < 1.29 is 4.74 Å². The summed E-state index contributed by atoms with van der Waals surface area (Å²) in [4.78, 5) is 12.3. The molecule has 0 bridgehead atoms. The Balaban J connectivity index is 1.32. The molecule has 168 valence electrons. The second-order valence-electron chi connectivity index (χ2n) is 8.16. The van der Waals surface area contributed by atoms with Crippen molar-refractivity contribution in [3.63, 3.8) is 0 Å². The number of guanidine groups is 1. The van der Waals surface area contributed by atoms with E-state index in [1.807, 2.05) is 0 Å². The van der Waals surface area contributed by atoms with Crippen molar-refractivity contribution in [2.75, 3.05) is 83.6 Å². The zero-order valence-corrected chi connectivity index (χ0v) is 18.9. The first kappa shape index (κ1) is 22.8. The van der Waals surface area contributed by atoms with Crippen molar-refractivity contribution in [3.8, 4) is 0 Å². The summed E-state index contributed by atoms with van der Waals surface area (Å²) in [6.07, 6.45) is 1.13. The molecule has 0 amide bonds. The van der Waals surface area contributed by atoms with E-state index in [0.29, 0.717) is 6.04 Å². The van der Waals surface area contributed by atoms with E-state index in [-0.39, 0.29) is 0 Å². The molecule has 7 heteroatoms. The Labute approximate surface area is 182 Å². The van der Waals surface area contributed by atoms with E-state index in [0.717, 1.165) is 91.0 Å². The lowest BCUT2D eigenvalue weighted by Gasteiger charge is -2.36. The molecule has 30 heavy (non-hydrogen) atoms. The van der Waals surface area contributed by atoms with Gasteiger partial charge in [-0.15, -0.1) is 0 Å². The lowest BCUT2D eigenvalue weighted by Crippen LogP contribution is -2.47. The Morgan fingerprint density at radius 3 is 2.47 bits per heavy atom. The minimum Gasteiger partial charge on any atom is -0.379 e. The predicted molar refractivity (Wildman–Crippen MR) is 126 cm³/mol. The number of nitrogens with zero attached hydrogens (tertiary/aromatic N) is 4. The molecular weight excluding hydrogens is 376 g/mol. The van der Waals surface area contributed by atoms with Crippen LogP contribution in [0.5, 0.6) is 0 Å². The van der Waals surface area contributed by atoms with Crippen LogP contribution >= 0.6 is 0 Å². The molecule has 2 N–H and O–H groups in total. The summed E-state index contributed by atoms with van der Waals surface area (Å²) in [5, 5.41) is 6.89. The molecule has 0 radical (unpaired) electrons. The van der Waals surface area contributed by atoms with Gasteiger partial charge in [0.2, 0.25) is 0 Å². The number of para-hydroxylation sites is 1. The maximum absolute atomic E-state index is 5.45. The molecule has 1 unspecified atom stereocenters. The molecule has 0 saturated carbocycles. The number of anilines is 1. The number of morpholine rings is 1. The SMILES string of the molecule is CCNC(=NCC(C)N1CCOCC1)NCCCN1CCN(c2ccccc2)CC1. The fourth-order valence-corrected chi connectivity index (χ4v) is 4.08. The van der Waals surface area contributed by atoms with Gasteiger partial charge in [0, 0.05) is 64.1 Å². The highest BCUT2D eigenvalue weighted by Gasteiger charge is 2.17. The van der Waals surface area contributed by atoms with Crippen molar-refractivity contribution in [2.24, 2.45) is 4.99 Å². The first-order chi connectivity index (χ1) is 14.8. The van der Waals surface area contributed by atoms with Crippen LogP contribution in [-0.4, -0.2) is 100 Å². The molecule has 3 rings (SSSR count). The average molecular weight is 417 g/mol. The van der Waals surface area contributed by atoms with Crippen LogP contribution in [0.25, 0.3) is 0 Å². The van der Waals surface area contributed by atoms with Gasteiger partial charge in [-0.2, -0.15) is 0 Å². The van der Waals surface area contributed by atoms with Gasteiger partial charge in [0.25, 0.3) is 0 Å². The Morgan fingerprint density at radius 1 is 1.03 bits per heavy atom. The third-order valence-electron chi connectivity index (χ3n) is 5.96. The normalized spacial score (nSPS) is 20.2. The fourth-order valence-electron chi connectivity index (χ4n) is 4.08. The number of ether oxygens (including phenoxy) is 1. The van der Waals surface area contributed by atoms with Crippen LogP contribution in [0.1, 0.15) is 20.3 Å². The third kappa shape index (κ3) is 7.45. The van der Waals surface area contributed by atoms with Crippen LogP contribution in [0.15, 0.2) is 35.3 Å². The van der Waals surface area contributed by atoms with E-state index in [4.69, 9.17) is 9.73 Å². The van der Waals surface area contributed by atoms with Crippen LogP contribution < -0.4 is 15.5 Å². The topological polar surface area (TPSA) is 55.4 Å². The van der Waals surface area contributed by atoms with Gasteiger partial charge in [-0.3, -0.25) is 14.8 Å². The van der Waals surface area contributed by atoms with Gasteiger partial charge in [-0.25, -0.2) is 0 Å². The molecule has 2 aliphatic rings. The number of aliphatic imine (C=N–C) groups is 1. The average Bonchev–Trinajstić information content (AvgIpc) is 2.81. The van der Waals surface area contributed by atoms with Gasteiger partial charge >= 0.3 is 0 Å². The summed E-state index contributed by atoms with van der Waals surface area (Å²) in [6, 6.07) is 11.2. The van der Waals surface area contributed by atoms with E-state index in [1.54, 1.807) is 0 Å². The van der Waals surface area contributed by atoms with Crippen LogP contribution in [-0.2, 0) is 4.74 Å². The first-order valence-corrected chi connectivity index (χ1v) is 11.6. The summed E-state index contributed by atoms with van der Waals surface area (Å²) in [5.74, 6) is 0.937. The third-order valence-corrected chi connectivity index (χ3v) is 5.96. The Kier molecular flexibility index (Phi) is 9.73. The second kappa shape index (κ2) is 12.8.